The number of ether oxygens (including phenoxy) is 1. The average molecular weight is 313 g/mol. The minimum atomic E-state index is -0.579. The van der Waals surface area contributed by atoms with Crippen LogP contribution in [0.15, 0.2) is 41.1 Å². The summed E-state index contributed by atoms with van der Waals surface area (Å²) in [5.41, 5.74) is -0.221. The summed E-state index contributed by atoms with van der Waals surface area (Å²) in [5.74, 6) is -0.469. The van der Waals surface area contributed by atoms with Crippen LogP contribution in [0.3, 0.4) is 0 Å². The van der Waals surface area contributed by atoms with E-state index in [-0.39, 0.29) is 21.7 Å². The van der Waals surface area contributed by atoms with Gasteiger partial charge in [-0.15, -0.1) is 0 Å². The number of halogens is 2. The molecule has 1 aromatic heterocycles. The zero-order valence-electron chi connectivity index (χ0n) is 8.84. The minimum Gasteiger partial charge on any atom is -0.448 e. The van der Waals surface area contributed by atoms with E-state index in [1.807, 2.05) is 0 Å². The Morgan fingerprint density at radius 1 is 1.39 bits per heavy atom. The quantitative estimate of drug-likeness (QED) is 0.640. The van der Waals surface area contributed by atoms with Gasteiger partial charge in [0.2, 0.25) is 5.75 Å². The van der Waals surface area contributed by atoms with Crippen LogP contribution in [0, 0.1) is 15.9 Å². The first kappa shape index (κ1) is 12.4. The van der Waals surface area contributed by atoms with Crippen LogP contribution in [-0.2, 0) is 0 Å². The van der Waals surface area contributed by atoms with Crippen molar-refractivity contribution in [2.24, 2.45) is 0 Å². The summed E-state index contributed by atoms with van der Waals surface area (Å²) in [7, 11) is 0. The Morgan fingerprint density at radius 3 is 2.83 bits per heavy atom. The third kappa shape index (κ3) is 2.62. The first-order valence-corrected chi connectivity index (χ1v) is 5.58. The third-order valence-corrected chi connectivity index (χ3v) is 2.68. The number of para-hydroxylation sites is 1. The molecule has 0 radical (unpaired) electrons. The highest BCUT2D eigenvalue weighted by atomic mass is 79.9. The second-order valence-corrected chi connectivity index (χ2v) is 4.14. The van der Waals surface area contributed by atoms with Crippen LogP contribution in [0.25, 0.3) is 0 Å². The molecule has 1 heterocycles. The predicted molar refractivity (Wildman–Crippen MR) is 65.1 cm³/mol. The highest BCUT2D eigenvalue weighted by Gasteiger charge is 2.20. The van der Waals surface area contributed by atoms with Crippen molar-refractivity contribution in [3.05, 3.63) is 57.1 Å². The highest BCUT2D eigenvalue weighted by molar-refractivity contribution is 9.10. The molecule has 7 heteroatoms. The van der Waals surface area contributed by atoms with Gasteiger partial charge in [0.15, 0.2) is 0 Å². The molecule has 0 unspecified atom stereocenters. The van der Waals surface area contributed by atoms with E-state index in [1.165, 1.54) is 18.3 Å². The number of aromatic nitrogens is 1. The predicted octanol–water partition coefficient (Wildman–Crippen LogP) is 3.68. The number of benzene rings is 1. The average Bonchev–Trinajstić information content (AvgIpc) is 2.28. The van der Waals surface area contributed by atoms with Gasteiger partial charge in [0.05, 0.1) is 21.8 Å². The van der Waals surface area contributed by atoms with E-state index in [4.69, 9.17) is 4.74 Å². The molecule has 0 aliphatic rings. The van der Waals surface area contributed by atoms with Crippen molar-refractivity contribution in [1.82, 2.24) is 4.98 Å². The molecule has 0 N–H and O–H groups in total. The van der Waals surface area contributed by atoms with Crippen LogP contribution in [0.2, 0.25) is 0 Å². The van der Waals surface area contributed by atoms with E-state index < -0.39 is 10.7 Å². The van der Waals surface area contributed by atoms with Gasteiger partial charge in [0, 0.05) is 6.07 Å². The summed E-state index contributed by atoms with van der Waals surface area (Å²) >= 11 is 3.06. The second-order valence-electron chi connectivity index (χ2n) is 3.28. The molecule has 0 saturated carbocycles. The fraction of sp³-hybridized carbons (Fsp3) is 0. The second kappa shape index (κ2) is 5.09. The molecule has 0 atom stereocenters. The molecular formula is C11H6BrFN2O3. The van der Waals surface area contributed by atoms with Gasteiger partial charge >= 0.3 is 5.69 Å². The molecule has 2 aromatic rings. The lowest BCUT2D eigenvalue weighted by Crippen LogP contribution is -1.95. The Bertz CT molecular complexity index is 607. The van der Waals surface area contributed by atoms with Crippen molar-refractivity contribution >= 4 is 21.6 Å². The lowest BCUT2D eigenvalue weighted by Gasteiger charge is -2.06. The number of nitro groups is 1. The molecule has 1 aromatic carbocycles. The summed E-state index contributed by atoms with van der Waals surface area (Å²) in [6, 6.07) is 5.62. The van der Waals surface area contributed by atoms with Crippen LogP contribution in [0.5, 0.6) is 11.5 Å². The molecule has 0 amide bonds. The molecular weight excluding hydrogens is 307 g/mol. The van der Waals surface area contributed by atoms with Crippen molar-refractivity contribution < 1.29 is 14.1 Å². The summed E-state index contributed by atoms with van der Waals surface area (Å²) in [5, 5.41) is 10.9. The van der Waals surface area contributed by atoms with Crippen LogP contribution >= 0.6 is 15.9 Å². The van der Waals surface area contributed by atoms with Gasteiger partial charge < -0.3 is 4.74 Å². The van der Waals surface area contributed by atoms with E-state index in [9.17, 15) is 14.5 Å². The molecule has 0 aliphatic carbocycles. The number of rotatable bonds is 3. The van der Waals surface area contributed by atoms with E-state index in [0.717, 1.165) is 12.3 Å². The molecule has 0 aliphatic heterocycles. The monoisotopic (exact) mass is 312 g/mol. The Kier molecular flexibility index (Phi) is 3.52. The van der Waals surface area contributed by atoms with E-state index in [2.05, 4.69) is 20.9 Å². The number of hydrogen-bond acceptors (Lipinski definition) is 4. The smallest absolute Gasteiger partial charge is 0.325 e. The number of hydrogen-bond donors (Lipinski definition) is 0. The van der Waals surface area contributed by atoms with Crippen LogP contribution < -0.4 is 4.74 Å². The molecule has 0 fully saturated rings. The maximum atomic E-state index is 12.9. The standard InChI is InChI=1S/C11H6BrFN2O3/c12-9-2-1-3-10(11(9)15(16)17)18-8-4-7(13)5-14-6-8/h1-6H. The Hall–Kier alpha value is -2.02. The van der Waals surface area contributed by atoms with Gasteiger partial charge in [0.1, 0.15) is 11.6 Å². The molecule has 5 nitrogen and oxygen atoms in total. The molecule has 0 bridgehead atoms. The fourth-order valence-corrected chi connectivity index (χ4v) is 1.82. The van der Waals surface area contributed by atoms with Crippen molar-refractivity contribution in [3.63, 3.8) is 0 Å². The normalized spacial score (nSPS) is 10.1. The Balaban J connectivity index is 2.40. The van der Waals surface area contributed by atoms with Gasteiger partial charge in [-0.05, 0) is 28.1 Å². The molecule has 18 heavy (non-hydrogen) atoms. The number of nitro benzene ring substituents is 1. The molecule has 0 spiro atoms. The van der Waals surface area contributed by atoms with Gasteiger partial charge in [0.25, 0.3) is 0 Å². The van der Waals surface area contributed by atoms with Crippen LogP contribution in [0.1, 0.15) is 0 Å². The first-order chi connectivity index (χ1) is 8.58. The van der Waals surface area contributed by atoms with Crippen molar-refractivity contribution in [2.75, 3.05) is 0 Å². The SMILES string of the molecule is O=[N+]([O-])c1c(Br)cccc1Oc1cncc(F)c1. The summed E-state index contributed by atoms with van der Waals surface area (Å²) in [6.07, 6.45) is 2.29. The zero-order valence-corrected chi connectivity index (χ0v) is 10.4. The van der Waals surface area contributed by atoms with Crippen LogP contribution in [-0.4, -0.2) is 9.91 Å². The van der Waals surface area contributed by atoms with Crippen LogP contribution in [0.4, 0.5) is 10.1 Å². The van der Waals surface area contributed by atoms with Crippen molar-refractivity contribution in [1.29, 1.82) is 0 Å². The van der Waals surface area contributed by atoms with Gasteiger partial charge in [-0.1, -0.05) is 6.07 Å². The minimum absolute atomic E-state index is 0.0155. The van der Waals surface area contributed by atoms with E-state index in [1.54, 1.807) is 6.07 Å². The molecule has 92 valence electrons. The van der Waals surface area contributed by atoms with Crippen molar-refractivity contribution in [2.45, 2.75) is 0 Å². The van der Waals surface area contributed by atoms with Gasteiger partial charge in [-0.2, -0.15) is 0 Å². The molecule has 0 saturated heterocycles. The maximum absolute atomic E-state index is 12.9. The first-order valence-electron chi connectivity index (χ1n) is 4.79. The third-order valence-electron chi connectivity index (χ3n) is 2.04. The number of nitrogens with zero attached hydrogens (tertiary/aromatic N) is 2. The fourth-order valence-electron chi connectivity index (χ4n) is 1.33. The maximum Gasteiger partial charge on any atom is 0.325 e. The van der Waals surface area contributed by atoms with Gasteiger partial charge in [-0.3, -0.25) is 15.1 Å². The zero-order chi connectivity index (χ0) is 13.1. The van der Waals surface area contributed by atoms with Gasteiger partial charge in [-0.25, -0.2) is 4.39 Å². The lowest BCUT2D eigenvalue weighted by molar-refractivity contribution is -0.386. The van der Waals surface area contributed by atoms with E-state index in [0.29, 0.717) is 0 Å². The summed E-state index contributed by atoms with van der Waals surface area (Å²) in [6.45, 7) is 0. The topological polar surface area (TPSA) is 65.3 Å². The molecule has 2 rings (SSSR count). The highest BCUT2D eigenvalue weighted by Crippen LogP contribution is 2.36. The summed E-state index contributed by atoms with van der Waals surface area (Å²) in [4.78, 5) is 13.9. The largest absolute Gasteiger partial charge is 0.448 e. The Labute approximate surface area is 110 Å². The number of pyridine rings is 1. The Morgan fingerprint density at radius 2 is 2.17 bits per heavy atom. The summed E-state index contributed by atoms with van der Waals surface area (Å²) < 4.78 is 18.5. The lowest BCUT2D eigenvalue weighted by atomic mass is 10.3. The van der Waals surface area contributed by atoms with E-state index >= 15 is 0 Å². The van der Waals surface area contributed by atoms with Crippen molar-refractivity contribution in [3.8, 4) is 11.5 Å².